The number of aromatic nitrogens is 5. The van der Waals surface area contributed by atoms with Crippen LogP contribution in [0.3, 0.4) is 0 Å². The molecule has 1 saturated heterocycles. The van der Waals surface area contributed by atoms with E-state index in [-0.39, 0.29) is 36.1 Å². The predicted octanol–water partition coefficient (Wildman–Crippen LogP) is 4.60. The van der Waals surface area contributed by atoms with Gasteiger partial charge in [0.15, 0.2) is 13.9 Å². The summed E-state index contributed by atoms with van der Waals surface area (Å²) in [5.74, 6) is -0.529. The smallest absolute Gasteiger partial charge is 0.279 e. The number of aliphatic hydroxyl groups excluding tert-OH is 1. The predicted molar refractivity (Wildman–Crippen MR) is 185 cm³/mol. The van der Waals surface area contributed by atoms with E-state index in [0.29, 0.717) is 46.7 Å². The van der Waals surface area contributed by atoms with Crippen molar-refractivity contribution in [2.45, 2.75) is 63.2 Å². The lowest BCUT2D eigenvalue weighted by atomic mass is 9.82. The number of amides is 1. The third-order valence-corrected chi connectivity index (χ3v) is 12.5. The fourth-order valence-electron chi connectivity index (χ4n) is 7.61. The van der Waals surface area contributed by atoms with Gasteiger partial charge in [0.2, 0.25) is 0 Å². The van der Waals surface area contributed by atoms with Crippen molar-refractivity contribution in [3.63, 3.8) is 0 Å². The zero-order valence-corrected chi connectivity index (χ0v) is 28.7. The molecule has 7 rings (SSSR count). The van der Waals surface area contributed by atoms with Gasteiger partial charge in [-0.3, -0.25) is 14.3 Å². The lowest BCUT2D eigenvalue weighted by molar-refractivity contribution is -0.146. The first-order valence-corrected chi connectivity index (χ1v) is 19.5. The first-order valence-electron chi connectivity index (χ1n) is 16.1. The monoisotopic (exact) mass is 684 g/mol. The molecule has 1 spiro atoms. The molecule has 1 fully saturated rings. The minimum Gasteiger partial charge on any atom is -0.432 e. The number of hydrogen-bond donors (Lipinski definition) is 2. The Labute approximate surface area is 283 Å². The molecule has 0 saturated carbocycles. The van der Waals surface area contributed by atoms with E-state index in [9.17, 15) is 19.5 Å². The number of carbonyl (C=O) groups is 1. The largest absolute Gasteiger partial charge is 0.432 e. The first kappa shape index (κ1) is 32.3. The van der Waals surface area contributed by atoms with E-state index in [1.807, 2.05) is 74.6 Å². The fourth-order valence-corrected chi connectivity index (χ4v) is 10.4. The highest BCUT2D eigenvalue weighted by molar-refractivity contribution is 6.71. The molecule has 11 nitrogen and oxygen atoms in total. The summed E-state index contributed by atoms with van der Waals surface area (Å²) < 4.78 is 9.99. The van der Waals surface area contributed by atoms with Crippen molar-refractivity contribution in [3.8, 4) is 5.69 Å². The topological polar surface area (TPSA) is 136 Å². The van der Waals surface area contributed by atoms with E-state index in [1.54, 1.807) is 34.1 Å². The number of hydrogen-bond acceptors (Lipinski definition) is 8. The Hall–Kier alpha value is -4.20. The number of halogens is 1. The number of anilines is 1. The van der Waals surface area contributed by atoms with Gasteiger partial charge in [-0.05, 0) is 61.5 Å². The molecule has 0 radical (unpaired) electrons. The van der Waals surface area contributed by atoms with Crippen LogP contribution >= 0.6 is 11.6 Å². The maximum Gasteiger partial charge on any atom is 0.279 e. The second-order valence-electron chi connectivity index (χ2n) is 13.3. The van der Waals surface area contributed by atoms with Crippen molar-refractivity contribution < 1.29 is 19.4 Å². The Morgan fingerprint density at radius 2 is 1.83 bits per heavy atom. The van der Waals surface area contributed by atoms with Crippen LogP contribution in [0.1, 0.15) is 30.2 Å². The number of carbonyl (C=O) groups excluding carboxylic acids is 1. The highest BCUT2D eigenvalue weighted by atomic mass is 35.5. The van der Waals surface area contributed by atoms with Gasteiger partial charge in [-0.15, -0.1) is 5.10 Å². The van der Waals surface area contributed by atoms with Crippen LogP contribution < -0.4 is 10.5 Å². The molecule has 5 aromatic rings. The van der Waals surface area contributed by atoms with Gasteiger partial charge in [0.1, 0.15) is 0 Å². The van der Waals surface area contributed by atoms with Crippen LogP contribution in [0, 0.1) is 5.92 Å². The molecule has 48 heavy (non-hydrogen) atoms. The third kappa shape index (κ3) is 5.47. The van der Waals surface area contributed by atoms with E-state index in [1.165, 1.54) is 4.68 Å². The number of fused-ring (bicyclic) bond motifs is 3. The summed E-state index contributed by atoms with van der Waals surface area (Å²) in [6.07, 6.45) is 4.00. The quantitative estimate of drug-likeness (QED) is 0.215. The van der Waals surface area contributed by atoms with Gasteiger partial charge >= 0.3 is 0 Å². The van der Waals surface area contributed by atoms with Gasteiger partial charge in [-0.25, -0.2) is 0 Å². The maximum atomic E-state index is 14.7. The van der Waals surface area contributed by atoms with Crippen LogP contribution in [0.4, 0.5) is 5.69 Å². The summed E-state index contributed by atoms with van der Waals surface area (Å²) in [5, 5.41) is 23.8. The standard InChI is InChI=1S/C35H37ClN6O5Si/c1-22-32(48(2,3)46)31(14-16-40-21-26(15-17-43)38-39-40)47-35(22)29-18-25(36)10-13-30(29)41(34(35)45)20-23-8-11-27(12-9-23)42-33(44)28-7-5-4-6-24(28)19-37-42/h4-13,18-19,21-22,31-32,43,46H,14-17,20H2,1-3H3/t22-,31+,32-,35+/m0/s1. The summed E-state index contributed by atoms with van der Waals surface area (Å²) >= 11 is 6.55. The van der Waals surface area contributed by atoms with Crippen LogP contribution in [0.25, 0.3) is 16.5 Å². The van der Waals surface area contributed by atoms with Gasteiger partial charge in [0.25, 0.3) is 11.5 Å². The van der Waals surface area contributed by atoms with E-state index in [4.69, 9.17) is 16.3 Å². The molecule has 2 aliphatic rings. The van der Waals surface area contributed by atoms with Gasteiger partial charge < -0.3 is 19.5 Å². The second-order valence-corrected chi connectivity index (χ2v) is 17.7. The number of nitrogens with zero attached hydrogens (tertiary/aromatic N) is 6. The van der Waals surface area contributed by atoms with Crippen molar-refractivity contribution in [2.75, 3.05) is 11.5 Å². The summed E-state index contributed by atoms with van der Waals surface area (Å²) in [6, 6.07) is 20.2. The Morgan fingerprint density at radius 1 is 1.06 bits per heavy atom. The Kier molecular flexibility index (Phi) is 8.33. The Balaban J connectivity index is 1.19. The van der Waals surface area contributed by atoms with Gasteiger partial charge in [0, 0.05) is 53.2 Å². The molecule has 2 aliphatic heterocycles. The number of benzene rings is 3. The first-order chi connectivity index (χ1) is 23.0. The van der Waals surface area contributed by atoms with E-state index < -0.39 is 20.0 Å². The molecular weight excluding hydrogens is 648 g/mol. The zero-order valence-electron chi connectivity index (χ0n) is 27.0. The van der Waals surface area contributed by atoms with Crippen molar-refractivity contribution in [3.05, 3.63) is 111 Å². The van der Waals surface area contributed by atoms with Crippen LogP contribution in [0.5, 0.6) is 0 Å². The lowest BCUT2D eigenvalue weighted by Gasteiger charge is -2.32. The maximum absolute atomic E-state index is 14.7. The van der Waals surface area contributed by atoms with Gasteiger partial charge in [0.05, 0.1) is 41.3 Å². The van der Waals surface area contributed by atoms with Crippen molar-refractivity contribution >= 4 is 42.3 Å². The SMILES string of the molecule is C[C@H]1[C@H]([Si](C)(C)O)[C@@H](CCn2cc(CCO)nn2)O[C@]12C(=O)N(Cc1ccc(-n3ncc4ccccc4c3=O)cc1)c1ccc(Cl)cc12. The molecule has 4 heterocycles. The number of rotatable bonds is 9. The molecule has 4 atom stereocenters. The fraction of sp³-hybridized carbons (Fsp3) is 0.343. The minimum atomic E-state index is -2.85. The minimum absolute atomic E-state index is 0.0107. The molecule has 13 heteroatoms. The van der Waals surface area contributed by atoms with Gasteiger partial charge in [-0.2, -0.15) is 9.78 Å². The van der Waals surface area contributed by atoms with Crippen LogP contribution in [-0.4, -0.2) is 61.6 Å². The van der Waals surface area contributed by atoms with E-state index >= 15 is 0 Å². The molecular formula is C35H37ClN6O5Si. The zero-order chi connectivity index (χ0) is 33.8. The van der Waals surface area contributed by atoms with Crippen LogP contribution in [-0.2, 0) is 34.6 Å². The average Bonchev–Trinajstić information content (AvgIpc) is 3.71. The van der Waals surface area contributed by atoms with E-state index in [0.717, 1.165) is 16.6 Å². The van der Waals surface area contributed by atoms with Crippen molar-refractivity contribution in [1.29, 1.82) is 0 Å². The Morgan fingerprint density at radius 3 is 2.58 bits per heavy atom. The summed E-state index contributed by atoms with van der Waals surface area (Å²) in [5.41, 5.74) is 1.82. The normalized spacial score (nSPS) is 22.2. The van der Waals surface area contributed by atoms with Crippen LogP contribution in [0.2, 0.25) is 23.7 Å². The second kappa shape index (κ2) is 12.4. The molecule has 2 aromatic heterocycles. The van der Waals surface area contributed by atoms with Crippen molar-refractivity contribution in [1.82, 2.24) is 24.8 Å². The molecule has 0 aliphatic carbocycles. The summed E-state index contributed by atoms with van der Waals surface area (Å²) in [7, 11) is -2.85. The summed E-state index contributed by atoms with van der Waals surface area (Å²) in [6.45, 7) is 6.53. The third-order valence-electron chi connectivity index (χ3n) is 9.76. The Bertz CT molecular complexity index is 2060. The molecule has 0 bridgehead atoms. The number of aliphatic hydroxyl groups is 1. The van der Waals surface area contributed by atoms with Gasteiger partial charge in [-0.1, -0.05) is 54.1 Å². The van der Waals surface area contributed by atoms with E-state index in [2.05, 4.69) is 15.4 Å². The molecule has 0 unspecified atom stereocenters. The molecule has 3 aromatic carbocycles. The van der Waals surface area contributed by atoms with Crippen molar-refractivity contribution in [2.24, 2.45) is 5.92 Å². The molecule has 1 amide bonds. The number of ether oxygens (including phenoxy) is 1. The molecule has 248 valence electrons. The van der Waals surface area contributed by atoms with Crippen LogP contribution in [0.15, 0.2) is 83.9 Å². The highest BCUT2D eigenvalue weighted by Gasteiger charge is 2.66. The highest BCUT2D eigenvalue weighted by Crippen LogP contribution is 2.60. The lowest BCUT2D eigenvalue weighted by Crippen LogP contribution is -2.46. The number of aryl methyl sites for hydroxylation is 1. The summed E-state index contributed by atoms with van der Waals surface area (Å²) in [4.78, 5) is 41.2. The average molecular weight is 685 g/mol. The molecule has 2 N–H and O–H groups in total.